The lowest BCUT2D eigenvalue weighted by Crippen LogP contribution is -2.21. The van der Waals surface area contributed by atoms with Crippen LogP contribution in [-0.2, 0) is 0 Å². The first-order chi connectivity index (χ1) is 5.66. The lowest BCUT2D eigenvalue weighted by molar-refractivity contribution is 0.471. The predicted octanol–water partition coefficient (Wildman–Crippen LogP) is 2.89. The van der Waals surface area contributed by atoms with Crippen LogP contribution < -0.4 is 5.73 Å². The monoisotopic (exact) mass is 189 g/mol. The quantitative estimate of drug-likeness (QED) is 0.623. The highest BCUT2D eigenvalue weighted by atomic mass is 32.2. The normalized spacial score (nSPS) is 13.8. The van der Waals surface area contributed by atoms with Gasteiger partial charge in [0.2, 0.25) is 0 Å². The molecule has 0 spiro atoms. The molecule has 0 aromatic heterocycles. The second kappa shape index (κ2) is 7.93. The number of thioether (sulfide) groups is 1. The van der Waals surface area contributed by atoms with Crippen LogP contribution in [0.1, 0.15) is 40.0 Å². The summed E-state index contributed by atoms with van der Waals surface area (Å²) in [4.78, 5) is 0. The van der Waals surface area contributed by atoms with E-state index in [4.69, 9.17) is 5.73 Å². The highest BCUT2D eigenvalue weighted by Gasteiger charge is 2.04. The molecule has 0 aromatic rings. The largest absolute Gasteiger partial charge is 0.328 e. The van der Waals surface area contributed by atoms with Crippen LogP contribution in [0.15, 0.2) is 0 Å². The van der Waals surface area contributed by atoms with Gasteiger partial charge in [-0.2, -0.15) is 11.8 Å². The van der Waals surface area contributed by atoms with E-state index in [2.05, 4.69) is 20.8 Å². The summed E-state index contributed by atoms with van der Waals surface area (Å²) in [7, 11) is 0. The third-order valence-corrected chi connectivity index (χ3v) is 2.83. The average Bonchev–Trinajstić information content (AvgIpc) is 1.97. The molecule has 0 aromatic carbocycles. The Kier molecular flexibility index (Phi) is 8.14. The van der Waals surface area contributed by atoms with E-state index in [0.29, 0.717) is 6.04 Å². The molecule has 1 atom stereocenters. The van der Waals surface area contributed by atoms with Crippen molar-refractivity contribution in [1.82, 2.24) is 0 Å². The molecule has 0 saturated carbocycles. The molecule has 74 valence electrons. The molecule has 0 fully saturated rings. The third-order valence-electron chi connectivity index (χ3n) is 1.84. The van der Waals surface area contributed by atoms with E-state index in [9.17, 15) is 0 Å². The van der Waals surface area contributed by atoms with E-state index < -0.39 is 0 Å². The molecular formula is C10H23NS. The van der Waals surface area contributed by atoms with Crippen molar-refractivity contribution in [2.75, 3.05) is 11.5 Å². The average molecular weight is 189 g/mol. The Balaban J connectivity index is 3.14. The summed E-state index contributed by atoms with van der Waals surface area (Å²) >= 11 is 2.01. The van der Waals surface area contributed by atoms with Gasteiger partial charge in [0.25, 0.3) is 0 Å². The minimum absolute atomic E-state index is 0.433. The molecule has 0 radical (unpaired) electrons. The van der Waals surface area contributed by atoms with Gasteiger partial charge in [-0.3, -0.25) is 0 Å². The van der Waals surface area contributed by atoms with Gasteiger partial charge < -0.3 is 5.73 Å². The van der Waals surface area contributed by atoms with Crippen LogP contribution in [0.5, 0.6) is 0 Å². The number of rotatable bonds is 7. The fraction of sp³-hybridized carbons (Fsp3) is 1.00. The van der Waals surface area contributed by atoms with Gasteiger partial charge in [-0.15, -0.1) is 0 Å². The van der Waals surface area contributed by atoms with Crippen molar-refractivity contribution in [2.45, 2.75) is 46.1 Å². The molecule has 1 nitrogen and oxygen atoms in total. The Morgan fingerprint density at radius 2 is 2.00 bits per heavy atom. The fourth-order valence-electron chi connectivity index (χ4n) is 1.32. The Bertz CT molecular complexity index is 93.8. The maximum atomic E-state index is 5.95. The van der Waals surface area contributed by atoms with Crippen LogP contribution in [0.25, 0.3) is 0 Å². The van der Waals surface area contributed by atoms with Crippen LogP contribution in [0.3, 0.4) is 0 Å². The molecule has 12 heavy (non-hydrogen) atoms. The molecule has 0 rings (SSSR count). The number of hydrogen-bond donors (Lipinski definition) is 1. The lowest BCUT2D eigenvalue weighted by Gasteiger charge is -2.13. The van der Waals surface area contributed by atoms with Gasteiger partial charge >= 0.3 is 0 Å². The third kappa shape index (κ3) is 8.41. The lowest BCUT2D eigenvalue weighted by atomic mass is 10.0. The van der Waals surface area contributed by atoms with E-state index in [1.54, 1.807) is 0 Å². The molecule has 0 heterocycles. The van der Waals surface area contributed by atoms with E-state index in [0.717, 1.165) is 5.92 Å². The molecule has 1 unspecified atom stereocenters. The summed E-state index contributed by atoms with van der Waals surface area (Å²) in [5, 5.41) is 0. The maximum absolute atomic E-state index is 5.95. The smallest absolute Gasteiger partial charge is 0.00415 e. The van der Waals surface area contributed by atoms with Crippen molar-refractivity contribution in [3.05, 3.63) is 0 Å². The molecule has 0 aliphatic heterocycles. The molecule has 0 aliphatic rings. The first kappa shape index (κ1) is 12.3. The van der Waals surface area contributed by atoms with Gasteiger partial charge in [0.05, 0.1) is 0 Å². The van der Waals surface area contributed by atoms with Crippen molar-refractivity contribution in [2.24, 2.45) is 11.7 Å². The zero-order valence-electron chi connectivity index (χ0n) is 8.68. The van der Waals surface area contributed by atoms with Gasteiger partial charge in [0.1, 0.15) is 0 Å². The molecule has 0 amide bonds. The summed E-state index contributed by atoms with van der Waals surface area (Å²) < 4.78 is 0. The van der Waals surface area contributed by atoms with Crippen molar-refractivity contribution >= 4 is 11.8 Å². The summed E-state index contributed by atoms with van der Waals surface area (Å²) in [6, 6.07) is 0.433. The summed E-state index contributed by atoms with van der Waals surface area (Å²) in [5.41, 5.74) is 5.95. The molecule has 0 aliphatic carbocycles. The van der Waals surface area contributed by atoms with E-state index in [1.807, 2.05) is 11.8 Å². The highest BCUT2D eigenvalue weighted by molar-refractivity contribution is 7.99. The van der Waals surface area contributed by atoms with Crippen LogP contribution in [0, 0.1) is 5.92 Å². The van der Waals surface area contributed by atoms with Crippen LogP contribution in [-0.4, -0.2) is 17.5 Å². The minimum atomic E-state index is 0.433. The molecule has 2 N–H and O–H groups in total. The van der Waals surface area contributed by atoms with Crippen molar-refractivity contribution in [1.29, 1.82) is 0 Å². The first-order valence-electron chi connectivity index (χ1n) is 5.00. The summed E-state index contributed by atoms with van der Waals surface area (Å²) in [6.07, 6.45) is 3.66. The molecule has 2 heteroatoms. The molecule has 0 bridgehead atoms. The van der Waals surface area contributed by atoms with Gasteiger partial charge in [-0.1, -0.05) is 20.8 Å². The summed E-state index contributed by atoms with van der Waals surface area (Å²) in [5.74, 6) is 3.26. The molecular weight excluding hydrogens is 166 g/mol. The van der Waals surface area contributed by atoms with E-state index in [1.165, 1.54) is 30.8 Å². The second-order valence-electron chi connectivity index (χ2n) is 3.73. The fourth-order valence-corrected chi connectivity index (χ4v) is 1.97. The van der Waals surface area contributed by atoms with Crippen LogP contribution in [0.4, 0.5) is 0 Å². The van der Waals surface area contributed by atoms with Crippen LogP contribution >= 0.6 is 11.8 Å². The maximum Gasteiger partial charge on any atom is 0.00415 e. The van der Waals surface area contributed by atoms with Crippen LogP contribution in [0.2, 0.25) is 0 Å². The van der Waals surface area contributed by atoms with Crippen molar-refractivity contribution in [3.63, 3.8) is 0 Å². The SMILES string of the molecule is CCSCCCC(N)CC(C)C. The van der Waals surface area contributed by atoms with Gasteiger partial charge in [0, 0.05) is 6.04 Å². The standard InChI is InChI=1S/C10H23NS/c1-4-12-7-5-6-10(11)8-9(2)3/h9-10H,4-8,11H2,1-3H3. The van der Waals surface area contributed by atoms with Crippen molar-refractivity contribution < 1.29 is 0 Å². The van der Waals surface area contributed by atoms with Gasteiger partial charge in [-0.25, -0.2) is 0 Å². The predicted molar refractivity (Wildman–Crippen MR) is 59.7 cm³/mol. The Morgan fingerprint density at radius 1 is 1.33 bits per heavy atom. The Morgan fingerprint density at radius 3 is 2.50 bits per heavy atom. The number of hydrogen-bond acceptors (Lipinski definition) is 2. The van der Waals surface area contributed by atoms with E-state index in [-0.39, 0.29) is 0 Å². The highest BCUT2D eigenvalue weighted by Crippen LogP contribution is 2.10. The van der Waals surface area contributed by atoms with Gasteiger partial charge in [-0.05, 0) is 36.7 Å². The zero-order valence-corrected chi connectivity index (χ0v) is 9.49. The molecule has 0 saturated heterocycles. The Hall–Kier alpha value is 0.310. The second-order valence-corrected chi connectivity index (χ2v) is 5.12. The van der Waals surface area contributed by atoms with Gasteiger partial charge in [0.15, 0.2) is 0 Å². The first-order valence-corrected chi connectivity index (χ1v) is 6.15. The summed E-state index contributed by atoms with van der Waals surface area (Å²) in [6.45, 7) is 6.68. The van der Waals surface area contributed by atoms with Crippen molar-refractivity contribution in [3.8, 4) is 0 Å². The number of nitrogens with two attached hydrogens (primary N) is 1. The Labute approximate surface area is 81.5 Å². The zero-order chi connectivity index (χ0) is 9.40. The topological polar surface area (TPSA) is 26.0 Å². The minimum Gasteiger partial charge on any atom is -0.328 e. The van der Waals surface area contributed by atoms with E-state index >= 15 is 0 Å².